The van der Waals surface area contributed by atoms with Gasteiger partial charge in [-0.1, -0.05) is 0 Å². The van der Waals surface area contributed by atoms with Crippen molar-refractivity contribution in [1.29, 1.82) is 0 Å². The lowest BCUT2D eigenvalue weighted by Gasteiger charge is -2.10. The molecule has 0 atom stereocenters. The number of amides is 2. The van der Waals surface area contributed by atoms with Crippen LogP contribution in [0.2, 0.25) is 0 Å². The summed E-state index contributed by atoms with van der Waals surface area (Å²) in [5, 5.41) is 7.86. The molecule has 3 aromatic rings. The van der Waals surface area contributed by atoms with Crippen LogP contribution in [0.5, 0.6) is 5.75 Å². The zero-order valence-electron chi connectivity index (χ0n) is 15.5. The van der Waals surface area contributed by atoms with Gasteiger partial charge in [0, 0.05) is 35.7 Å². The summed E-state index contributed by atoms with van der Waals surface area (Å²) in [6, 6.07) is 6.06. The van der Waals surface area contributed by atoms with Crippen molar-refractivity contribution in [2.45, 2.75) is 25.7 Å². The lowest BCUT2D eigenvalue weighted by atomic mass is 10.1. The van der Waals surface area contributed by atoms with Crippen LogP contribution in [-0.4, -0.2) is 34.9 Å². The molecule has 0 saturated carbocycles. The van der Waals surface area contributed by atoms with Crippen LogP contribution in [-0.2, 0) is 22.4 Å². The topological polar surface area (TPSA) is 84.4 Å². The van der Waals surface area contributed by atoms with Crippen molar-refractivity contribution in [3.05, 3.63) is 40.2 Å². The fourth-order valence-corrected chi connectivity index (χ4v) is 5.09. The van der Waals surface area contributed by atoms with Gasteiger partial charge >= 0.3 is 0 Å². The minimum absolute atomic E-state index is 0.101. The molecule has 7 nitrogen and oxygen atoms in total. The van der Waals surface area contributed by atoms with E-state index in [4.69, 9.17) is 4.74 Å². The van der Waals surface area contributed by atoms with Crippen molar-refractivity contribution in [1.82, 2.24) is 9.97 Å². The first-order valence-electron chi connectivity index (χ1n) is 9.42. The molecule has 1 N–H and O–H groups in total. The van der Waals surface area contributed by atoms with Crippen LogP contribution in [0.25, 0.3) is 11.3 Å². The maximum absolute atomic E-state index is 12.4. The average molecular weight is 427 g/mol. The van der Waals surface area contributed by atoms with Crippen molar-refractivity contribution >= 4 is 44.8 Å². The largest absolute Gasteiger partial charge is 0.493 e. The molecule has 2 aliphatic heterocycles. The van der Waals surface area contributed by atoms with E-state index in [1.807, 2.05) is 22.9 Å². The number of benzene rings is 1. The molecule has 2 aromatic heterocycles. The average Bonchev–Trinajstić information content (AvgIpc) is 3.48. The second-order valence-electron chi connectivity index (χ2n) is 6.95. The Hall–Kier alpha value is -2.78. The van der Waals surface area contributed by atoms with E-state index in [9.17, 15) is 9.59 Å². The molecule has 0 bridgehead atoms. The molecule has 0 unspecified atom stereocenters. The van der Waals surface area contributed by atoms with E-state index in [1.165, 1.54) is 28.2 Å². The van der Waals surface area contributed by atoms with Gasteiger partial charge in [0.2, 0.25) is 11.8 Å². The highest BCUT2D eigenvalue weighted by molar-refractivity contribution is 7.14. The van der Waals surface area contributed by atoms with Gasteiger partial charge in [0.15, 0.2) is 10.3 Å². The standard InChI is InChI=1S/C20H18N4O3S2/c25-17(9-14-10-29-20(21-14)24-6-1-2-18(24)26)23-19-22-15(11-28-19)12-3-4-16-13(8-12)5-7-27-16/h3-4,8,10-11H,1-2,5-7,9H2,(H,22,23,25). The van der Waals surface area contributed by atoms with Crippen molar-refractivity contribution in [2.75, 3.05) is 23.4 Å². The van der Waals surface area contributed by atoms with Crippen LogP contribution < -0.4 is 15.0 Å². The Morgan fingerprint density at radius 3 is 3.00 bits per heavy atom. The zero-order valence-corrected chi connectivity index (χ0v) is 17.1. The Morgan fingerprint density at radius 1 is 1.21 bits per heavy atom. The number of nitrogens with zero attached hydrogens (tertiary/aromatic N) is 3. The highest BCUT2D eigenvalue weighted by Gasteiger charge is 2.24. The van der Waals surface area contributed by atoms with Gasteiger partial charge in [-0.05, 0) is 30.2 Å². The van der Waals surface area contributed by atoms with Crippen molar-refractivity contribution in [3.63, 3.8) is 0 Å². The van der Waals surface area contributed by atoms with Crippen molar-refractivity contribution in [2.24, 2.45) is 0 Å². The maximum atomic E-state index is 12.4. The molecule has 2 aliphatic rings. The number of aromatic nitrogens is 2. The quantitative estimate of drug-likeness (QED) is 0.675. The summed E-state index contributed by atoms with van der Waals surface area (Å²) in [4.78, 5) is 34.9. The molecule has 0 radical (unpaired) electrons. The number of hydrogen-bond acceptors (Lipinski definition) is 7. The van der Waals surface area contributed by atoms with Gasteiger partial charge in [-0.25, -0.2) is 9.97 Å². The van der Waals surface area contributed by atoms with Gasteiger partial charge in [-0.2, -0.15) is 0 Å². The van der Waals surface area contributed by atoms with Crippen LogP contribution in [0.4, 0.5) is 10.3 Å². The van der Waals surface area contributed by atoms with Gasteiger partial charge in [0.25, 0.3) is 0 Å². The molecule has 148 valence electrons. The minimum Gasteiger partial charge on any atom is -0.493 e. The third-order valence-corrected chi connectivity index (χ3v) is 6.59. The number of rotatable bonds is 5. The first-order chi connectivity index (χ1) is 14.2. The summed E-state index contributed by atoms with van der Waals surface area (Å²) in [6.07, 6.45) is 2.50. The Balaban J connectivity index is 1.23. The summed E-state index contributed by atoms with van der Waals surface area (Å²) in [6.45, 7) is 1.43. The fraction of sp³-hybridized carbons (Fsp3) is 0.300. The summed E-state index contributed by atoms with van der Waals surface area (Å²) in [7, 11) is 0. The molecule has 9 heteroatoms. The Labute approximate surface area is 175 Å². The molecule has 0 spiro atoms. The number of hydrogen-bond donors (Lipinski definition) is 1. The zero-order chi connectivity index (χ0) is 19.8. The Kier molecular flexibility index (Phi) is 4.76. The number of anilines is 2. The van der Waals surface area contributed by atoms with Crippen LogP contribution in [0.15, 0.2) is 29.0 Å². The molecule has 1 fully saturated rings. The predicted molar refractivity (Wildman–Crippen MR) is 113 cm³/mol. The minimum atomic E-state index is -0.169. The van der Waals surface area contributed by atoms with Crippen molar-refractivity contribution < 1.29 is 14.3 Å². The number of carbonyl (C=O) groups excluding carboxylic acids is 2. The Morgan fingerprint density at radius 2 is 2.14 bits per heavy atom. The molecule has 5 rings (SSSR count). The Bertz CT molecular complexity index is 1090. The van der Waals surface area contributed by atoms with Gasteiger partial charge in [0.1, 0.15) is 5.75 Å². The smallest absolute Gasteiger partial charge is 0.232 e. The molecule has 1 aromatic carbocycles. The second kappa shape index (κ2) is 7.57. The van der Waals surface area contributed by atoms with Gasteiger partial charge in [-0.3, -0.25) is 14.5 Å². The molecule has 0 aliphatic carbocycles. The number of carbonyl (C=O) groups is 2. The number of fused-ring (bicyclic) bond motifs is 1. The SMILES string of the molecule is O=C(Cc1csc(N2CCCC2=O)n1)Nc1nc(-c2ccc3c(c2)CCO3)cs1. The van der Waals surface area contributed by atoms with Crippen molar-refractivity contribution in [3.8, 4) is 17.0 Å². The van der Waals surface area contributed by atoms with Crippen LogP contribution in [0.1, 0.15) is 24.1 Å². The summed E-state index contributed by atoms with van der Waals surface area (Å²) < 4.78 is 5.54. The molecule has 29 heavy (non-hydrogen) atoms. The maximum Gasteiger partial charge on any atom is 0.232 e. The summed E-state index contributed by atoms with van der Waals surface area (Å²) >= 11 is 2.80. The third-order valence-electron chi connectivity index (χ3n) is 4.92. The molecular weight excluding hydrogens is 408 g/mol. The highest BCUT2D eigenvalue weighted by atomic mass is 32.1. The van der Waals surface area contributed by atoms with Gasteiger partial charge < -0.3 is 10.1 Å². The number of thiazole rings is 2. The van der Waals surface area contributed by atoms with E-state index in [1.54, 1.807) is 4.90 Å². The second-order valence-corrected chi connectivity index (χ2v) is 8.65. The molecule has 2 amide bonds. The summed E-state index contributed by atoms with van der Waals surface area (Å²) in [5.41, 5.74) is 3.71. The lowest BCUT2D eigenvalue weighted by Crippen LogP contribution is -2.23. The predicted octanol–water partition coefficient (Wildman–Crippen LogP) is 3.51. The third kappa shape index (κ3) is 3.75. The van der Waals surface area contributed by atoms with Crippen LogP contribution in [0, 0.1) is 0 Å². The van der Waals surface area contributed by atoms with E-state index < -0.39 is 0 Å². The van der Waals surface area contributed by atoms with E-state index in [0.29, 0.717) is 28.9 Å². The van der Waals surface area contributed by atoms with Gasteiger partial charge in [-0.15, -0.1) is 22.7 Å². The first kappa shape index (κ1) is 18.3. The first-order valence-corrected chi connectivity index (χ1v) is 11.2. The van der Waals surface area contributed by atoms with E-state index >= 15 is 0 Å². The monoisotopic (exact) mass is 426 g/mol. The molecule has 4 heterocycles. The van der Waals surface area contributed by atoms with E-state index in [2.05, 4.69) is 21.4 Å². The fourth-order valence-electron chi connectivity index (χ4n) is 3.49. The summed E-state index contributed by atoms with van der Waals surface area (Å²) in [5.74, 6) is 0.873. The molecule has 1 saturated heterocycles. The van der Waals surface area contributed by atoms with Crippen LogP contribution in [0.3, 0.4) is 0 Å². The lowest BCUT2D eigenvalue weighted by molar-refractivity contribution is -0.117. The number of ether oxygens (including phenoxy) is 1. The van der Waals surface area contributed by atoms with E-state index in [0.717, 1.165) is 36.5 Å². The van der Waals surface area contributed by atoms with E-state index in [-0.39, 0.29) is 18.2 Å². The normalized spacial score (nSPS) is 15.4. The highest BCUT2D eigenvalue weighted by Crippen LogP contribution is 2.32. The van der Waals surface area contributed by atoms with Gasteiger partial charge in [0.05, 0.1) is 24.4 Å². The van der Waals surface area contributed by atoms with Crippen LogP contribution >= 0.6 is 22.7 Å². The number of nitrogens with one attached hydrogen (secondary N) is 1. The molecular formula is C20H18N4O3S2.